The van der Waals surface area contributed by atoms with Crippen LogP contribution in [0.4, 0.5) is 0 Å². The average Bonchev–Trinajstić information content (AvgIpc) is 3.29. The third kappa shape index (κ3) is 3.74. The predicted molar refractivity (Wildman–Crippen MR) is 152 cm³/mol. The van der Waals surface area contributed by atoms with Crippen LogP contribution in [0.1, 0.15) is 58.4 Å². The Hall–Kier alpha value is -3.72. The third-order valence-electron chi connectivity index (χ3n) is 6.71. The maximum absolute atomic E-state index is 8.64. The molecule has 0 atom stereocenters. The second-order valence-corrected chi connectivity index (χ2v) is 10.9. The largest absolute Gasteiger partial charge is 0.437 e. The molecule has 3 heteroatoms. The molecule has 6 aromatic rings. The minimum atomic E-state index is -2.53. The molecule has 180 valence electrons. The monoisotopic (exact) mass is 477 g/mol. The standard InChI is InChI=1S/C33H32N2O/c1-19(2)15-21-11-12-22-13-14-26-29-30(34-20(3)35-32(29)36-31(26)27(22)16-21)24-17-23-9-7-8-10-25(23)28(18-24)33(4,5)6/h7-14,16-19H,15H2,1-6H3/i3D3,15D2. The van der Waals surface area contributed by atoms with E-state index in [9.17, 15) is 0 Å². The van der Waals surface area contributed by atoms with Crippen molar-refractivity contribution in [3.63, 3.8) is 0 Å². The fourth-order valence-corrected chi connectivity index (χ4v) is 5.15. The zero-order valence-corrected chi connectivity index (χ0v) is 21.2. The fraction of sp³-hybridized carbons (Fsp3) is 0.273. The van der Waals surface area contributed by atoms with Crippen LogP contribution in [0, 0.1) is 12.8 Å². The molecule has 2 heterocycles. The maximum Gasteiger partial charge on any atom is 0.231 e. The summed E-state index contributed by atoms with van der Waals surface area (Å²) in [5.74, 6) is -0.496. The van der Waals surface area contributed by atoms with Gasteiger partial charge in [0, 0.05) is 23.2 Å². The van der Waals surface area contributed by atoms with Gasteiger partial charge >= 0.3 is 0 Å². The minimum absolute atomic E-state index is 0.172. The van der Waals surface area contributed by atoms with E-state index in [2.05, 4.69) is 48.9 Å². The van der Waals surface area contributed by atoms with Crippen molar-refractivity contribution in [2.24, 2.45) is 5.92 Å². The zero-order valence-electron chi connectivity index (χ0n) is 26.2. The maximum atomic E-state index is 8.64. The quantitative estimate of drug-likeness (QED) is 0.255. The van der Waals surface area contributed by atoms with E-state index >= 15 is 0 Å². The van der Waals surface area contributed by atoms with Gasteiger partial charge in [0.05, 0.1) is 11.1 Å². The summed E-state index contributed by atoms with van der Waals surface area (Å²) in [7, 11) is 0. The second kappa shape index (κ2) is 8.16. The molecule has 2 aromatic heterocycles. The molecule has 0 aliphatic rings. The van der Waals surface area contributed by atoms with Gasteiger partial charge in [-0.15, -0.1) is 0 Å². The van der Waals surface area contributed by atoms with Crippen LogP contribution in [0.25, 0.3) is 54.9 Å². The number of hydrogen-bond acceptors (Lipinski definition) is 3. The van der Waals surface area contributed by atoms with Gasteiger partial charge in [-0.25, -0.2) is 4.98 Å². The minimum Gasteiger partial charge on any atom is -0.437 e. The summed E-state index contributed by atoms with van der Waals surface area (Å²) in [4.78, 5) is 9.06. The highest BCUT2D eigenvalue weighted by Crippen LogP contribution is 2.41. The van der Waals surface area contributed by atoms with E-state index in [1.165, 1.54) is 0 Å². The van der Waals surface area contributed by atoms with Crippen LogP contribution in [0.15, 0.2) is 71.1 Å². The van der Waals surface area contributed by atoms with Gasteiger partial charge in [0.2, 0.25) is 5.71 Å². The summed E-state index contributed by atoms with van der Waals surface area (Å²) in [6, 6.07) is 21.8. The normalized spacial score (nSPS) is 15.3. The fourth-order valence-electron chi connectivity index (χ4n) is 5.15. The molecule has 0 radical (unpaired) electrons. The lowest BCUT2D eigenvalue weighted by molar-refractivity contribution is 0.596. The highest BCUT2D eigenvalue weighted by atomic mass is 16.3. The van der Waals surface area contributed by atoms with E-state index in [1.807, 2.05) is 62.4 Å². The molecular weight excluding hydrogens is 440 g/mol. The molecule has 4 aromatic carbocycles. The predicted octanol–water partition coefficient (Wildman–Crippen LogP) is 9.15. The van der Waals surface area contributed by atoms with Gasteiger partial charge in [-0.2, -0.15) is 4.98 Å². The van der Waals surface area contributed by atoms with Crippen LogP contribution >= 0.6 is 0 Å². The number of aromatic nitrogens is 2. The first kappa shape index (κ1) is 17.7. The van der Waals surface area contributed by atoms with Crippen LogP contribution in [-0.4, -0.2) is 9.97 Å². The molecule has 0 aliphatic heterocycles. The van der Waals surface area contributed by atoms with Crippen LogP contribution in [0.2, 0.25) is 0 Å². The van der Waals surface area contributed by atoms with Gasteiger partial charge in [0.25, 0.3) is 0 Å². The number of furan rings is 1. The van der Waals surface area contributed by atoms with Gasteiger partial charge < -0.3 is 4.42 Å². The van der Waals surface area contributed by atoms with E-state index in [-0.39, 0.29) is 22.9 Å². The summed E-state index contributed by atoms with van der Waals surface area (Å²) in [5.41, 5.74) is 3.55. The summed E-state index contributed by atoms with van der Waals surface area (Å²) in [5, 5.41) is 5.22. The molecule has 0 N–H and O–H groups in total. The lowest BCUT2D eigenvalue weighted by Gasteiger charge is -2.23. The van der Waals surface area contributed by atoms with Gasteiger partial charge in [0.1, 0.15) is 11.4 Å². The van der Waals surface area contributed by atoms with Gasteiger partial charge in [0.15, 0.2) is 0 Å². The average molecular weight is 478 g/mol. The van der Waals surface area contributed by atoms with Crippen molar-refractivity contribution in [1.29, 1.82) is 0 Å². The van der Waals surface area contributed by atoms with Crippen molar-refractivity contribution in [3.05, 3.63) is 83.7 Å². The number of hydrogen-bond donors (Lipinski definition) is 0. The van der Waals surface area contributed by atoms with Crippen molar-refractivity contribution in [2.45, 2.75) is 53.3 Å². The van der Waals surface area contributed by atoms with E-state index in [0.29, 0.717) is 22.2 Å². The number of rotatable bonds is 3. The van der Waals surface area contributed by atoms with Crippen molar-refractivity contribution in [3.8, 4) is 11.3 Å². The van der Waals surface area contributed by atoms with Crippen molar-refractivity contribution in [1.82, 2.24) is 9.97 Å². The van der Waals surface area contributed by atoms with E-state index in [1.54, 1.807) is 0 Å². The first-order chi connectivity index (χ1) is 19.2. The Labute approximate surface area is 219 Å². The van der Waals surface area contributed by atoms with Gasteiger partial charge in [-0.3, -0.25) is 0 Å². The Morgan fingerprint density at radius 2 is 1.69 bits per heavy atom. The lowest BCUT2D eigenvalue weighted by atomic mass is 9.82. The number of nitrogens with zero attached hydrogens (tertiary/aromatic N) is 2. The number of aryl methyl sites for hydroxylation is 1. The summed E-state index contributed by atoms with van der Waals surface area (Å²) < 4.78 is 48.0. The van der Waals surface area contributed by atoms with E-state index in [0.717, 1.165) is 38.1 Å². The molecule has 0 unspecified atom stereocenters. The third-order valence-corrected chi connectivity index (χ3v) is 6.71. The summed E-state index contributed by atoms with van der Waals surface area (Å²) in [6.45, 7) is 7.67. The number of fused-ring (bicyclic) bond motifs is 6. The molecule has 36 heavy (non-hydrogen) atoms. The highest BCUT2D eigenvalue weighted by Gasteiger charge is 2.22. The SMILES string of the molecule is [2H]C([2H])([2H])c1nc(-c2cc(C(C)(C)C)c3ccccc3c2)c2c(n1)oc1c3cc(C([2H])([2H])C(C)C)ccc3ccc12. The van der Waals surface area contributed by atoms with Crippen molar-refractivity contribution >= 4 is 43.6 Å². The summed E-state index contributed by atoms with van der Waals surface area (Å²) >= 11 is 0. The topological polar surface area (TPSA) is 38.9 Å². The first-order valence-electron chi connectivity index (χ1n) is 14.9. The molecule has 0 bridgehead atoms. The smallest absolute Gasteiger partial charge is 0.231 e. The van der Waals surface area contributed by atoms with Crippen molar-refractivity contribution in [2.75, 3.05) is 0 Å². The van der Waals surface area contributed by atoms with Crippen LogP contribution in [-0.2, 0) is 11.8 Å². The van der Waals surface area contributed by atoms with Gasteiger partial charge in [-0.1, -0.05) is 77.1 Å². The molecular formula is C33H32N2O. The van der Waals surface area contributed by atoms with Crippen LogP contribution in [0.5, 0.6) is 0 Å². The van der Waals surface area contributed by atoms with Crippen molar-refractivity contribution < 1.29 is 11.3 Å². The molecule has 3 nitrogen and oxygen atoms in total. The molecule has 0 aliphatic carbocycles. The molecule has 0 amide bonds. The highest BCUT2D eigenvalue weighted by molar-refractivity contribution is 6.18. The Morgan fingerprint density at radius 1 is 0.889 bits per heavy atom. The molecule has 0 spiro atoms. The number of benzene rings is 4. The molecule has 0 fully saturated rings. The Kier molecular flexibility index (Phi) is 4.01. The second-order valence-electron chi connectivity index (χ2n) is 10.9. The summed E-state index contributed by atoms with van der Waals surface area (Å²) in [6.07, 6.45) is -1.53. The van der Waals surface area contributed by atoms with Gasteiger partial charge in [-0.05, 0) is 76.1 Å². The van der Waals surface area contributed by atoms with E-state index < -0.39 is 13.2 Å². The Morgan fingerprint density at radius 3 is 2.47 bits per heavy atom. The molecule has 6 rings (SSSR count). The Bertz CT molecular complexity index is 1980. The van der Waals surface area contributed by atoms with E-state index in [4.69, 9.17) is 11.3 Å². The zero-order chi connectivity index (χ0) is 29.5. The lowest BCUT2D eigenvalue weighted by Crippen LogP contribution is -2.12. The van der Waals surface area contributed by atoms with Crippen LogP contribution in [0.3, 0.4) is 0 Å². The first-order valence-corrected chi connectivity index (χ1v) is 12.4. The van der Waals surface area contributed by atoms with Crippen LogP contribution < -0.4 is 0 Å². The molecule has 0 saturated carbocycles. The molecule has 0 saturated heterocycles. The Balaban J connectivity index is 1.73.